The normalized spacial score (nSPS) is 13.8. The first-order chi connectivity index (χ1) is 16.4. The van der Waals surface area contributed by atoms with Gasteiger partial charge in [-0.05, 0) is 41.0 Å². The van der Waals surface area contributed by atoms with Crippen LogP contribution in [0.15, 0.2) is 60.9 Å². The van der Waals surface area contributed by atoms with E-state index in [1.54, 1.807) is 49.5 Å². The van der Waals surface area contributed by atoms with Crippen LogP contribution in [0.5, 0.6) is 0 Å². The predicted molar refractivity (Wildman–Crippen MR) is 126 cm³/mol. The van der Waals surface area contributed by atoms with Crippen LogP contribution in [0, 0.1) is 0 Å². The van der Waals surface area contributed by atoms with Crippen LogP contribution in [0.25, 0.3) is 11.1 Å². The molecule has 3 aromatic rings. The average molecular weight is 466 g/mol. The van der Waals surface area contributed by atoms with Crippen molar-refractivity contribution in [3.63, 3.8) is 0 Å². The fourth-order valence-corrected chi connectivity index (χ4v) is 3.86. The lowest BCUT2D eigenvalue weighted by molar-refractivity contribution is -0.129. The van der Waals surface area contributed by atoms with E-state index in [2.05, 4.69) is 20.2 Å². The molecule has 176 valence electrons. The summed E-state index contributed by atoms with van der Waals surface area (Å²) in [4.78, 5) is 35.9. The van der Waals surface area contributed by atoms with E-state index in [1.165, 1.54) is 12.3 Å². The van der Waals surface area contributed by atoms with Crippen molar-refractivity contribution in [1.29, 1.82) is 0 Å². The van der Waals surface area contributed by atoms with Crippen molar-refractivity contribution in [3.05, 3.63) is 72.2 Å². The van der Waals surface area contributed by atoms with Gasteiger partial charge in [-0.25, -0.2) is 13.8 Å². The number of hydrogen-bond donors (Lipinski definition) is 1. The van der Waals surface area contributed by atoms with Gasteiger partial charge in [-0.2, -0.15) is 0 Å². The second-order valence-electron chi connectivity index (χ2n) is 8.09. The summed E-state index contributed by atoms with van der Waals surface area (Å²) in [6.45, 7) is 4.43. The van der Waals surface area contributed by atoms with Crippen LogP contribution in [0.4, 0.5) is 20.3 Å². The molecule has 0 atom stereocenters. The Morgan fingerprint density at radius 1 is 0.971 bits per heavy atom. The molecule has 7 nitrogen and oxygen atoms in total. The lowest BCUT2D eigenvalue weighted by atomic mass is 10.0. The SMILES string of the molecule is CC(=O)N1CCN(c2ccc(NC(=O)Cc3ccc(-c4ccnc(C(F)F)c4)cc3)nc2)CC1. The minimum atomic E-state index is -2.62. The number of aromatic nitrogens is 2. The maximum atomic E-state index is 12.9. The zero-order valence-electron chi connectivity index (χ0n) is 18.7. The van der Waals surface area contributed by atoms with Crippen molar-refractivity contribution in [1.82, 2.24) is 14.9 Å². The molecule has 0 unspecified atom stereocenters. The Bertz CT molecular complexity index is 1140. The highest BCUT2D eigenvalue weighted by Crippen LogP contribution is 2.24. The summed E-state index contributed by atoms with van der Waals surface area (Å²) in [6, 6.07) is 13.9. The highest BCUT2D eigenvalue weighted by molar-refractivity contribution is 5.91. The Balaban J connectivity index is 1.31. The van der Waals surface area contributed by atoms with Crippen molar-refractivity contribution in [2.45, 2.75) is 19.8 Å². The summed E-state index contributed by atoms with van der Waals surface area (Å²) < 4.78 is 25.8. The number of carbonyl (C=O) groups excluding carboxylic acids is 2. The first-order valence-corrected chi connectivity index (χ1v) is 11.0. The van der Waals surface area contributed by atoms with E-state index < -0.39 is 6.43 Å². The number of hydrogen-bond acceptors (Lipinski definition) is 5. The number of halogens is 2. The number of nitrogens with zero attached hydrogens (tertiary/aromatic N) is 4. The second kappa shape index (κ2) is 10.4. The van der Waals surface area contributed by atoms with Gasteiger partial charge in [0.2, 0.25) is 11.8 Å². The van der Waals surface area contributed by atoms with Gasteiger partial charge in [0.05, 0.1) is 18.3 Å². The molecule has 0 aliphatic carbocycles. The lowest BCUT2D eigenvalue weighted by Crippen LogP contribution is -2.48. The van der Waals surface area contributed by atoms with E-state index in [1.807, 2.05) is 11.0 Å². The third-order valence-electron chi connectivity index (χ3n) is 5.76. The van der Waals surface area contributed by atoms with Gasteiger partial charge in [-0.1, -0.05) is 24.3 Å². The molecule has 9 heteroatoms. The molecule has 1 N–H and O–H groups in total. The van der Waals surface area contributed by atoms with Crippen LogP contribution >= 0.6 is 0 Å². The highest BCUT2D eigenvalue weighted by atomic mass is 19.3. The monoisotopic (exact) mass is 465 g/mol. The maximum absolute atomic E-state index is 12.9. The molecule has 3 heterocycles. The van der Waals surface area contributed by atoms with Crippen LogP contribution in [-0.2, 0) is 16.0 Å². The molecule has 2 aromatic heterocycles. The van der Waals surface area contributed by atoms with Gasteiger partial charge in [-0.3, -0.25) is 14.6 Å². The number of alkyl halides is 2. The number of carbonyl (C=O) groups is 2. The number of pyridine rings is 2. The molecule has 1 aliphatic heterocycles. The molecule has 1 saturated heterocycles. The number of amides is 2. The van der Waals surface area contributed by atoms with Crippen LogP contribution in [0.3, 0.4) is 0 Å². The Kier molecular flexibility index (Phi) is 7.10. The Morgan fingerprint density at radius 2 is 1.71 bits per heavy atom. The smallest absolute Gasteiger partial charge is 0.280 e. The summed E-state index contributed by atoms with van der Waals surface area (Å²) >= 11 is 0. The van der Waals surface area contributed by atoms with Gasteiger partial charge in [-0.15, -0.1) is 0 Å². The van der Waals surface area contributed by atoms with E-state index in [0.717, 1.165) is 29.9 Å². The van der Waals surface area contributed by atoms with Crippen molar-refractivity contribution < 1.29 is 18.4 Å². The van der Waals surface area contributed by atoms with Crippen LogP contribution in [0.2, 0.25) is 0 Å². The number of piperazine rings is 1. The molecule has 1 aromatic carbocycles. The first-order valence-electron chi connectivity index (χ1n) is 11.0. The van der Waals surface area contributed by atoms with Crippen molar-refractivity contribution in [2.24, 2.45) is 0 Å². The minimum absolute atomic E-state index is 0.0868. The third kappa shape index (κ3) is 5.72. The van der Waals surface area contributed by atoms with E-state index >= 15 is 0 Å². The molecule has 1 aliphatic rings. The summed E-state index contributed by atoms with van der Waals surface area (Å²) in [5, 5.41) is 2.80. The Morgan fingerprint density at radius 3 is 2.32 bits per heavy atom. The molecule has 34 heavy (non-hydrogen) atoms. The minimum Gasteiger partial charge on any atom is -0.367 e. The Labute approximate surface area is 196 Å². The second-order valence-corrected chi connectivity index (χ2v) is 8.09. The van der Waals surface area contributed by atoms with Gasteiger partial charge in [0.15, 0.2) is 0 Å². The molecule has 1 fully saturated rings. The van der Waals surface area contributed by atoms with Crippen LogP contribution < -0.4 is 10.2 Å². The summed E-state index contributed by atoms with van der Waals surface area (Å²) in [6.07, 6.45) is 0.621. The van der Waals surface area contributed by atoms with E-state index in [0.29, 0.717) is 24.5 Å². The van der Waals surface area contributed by atoms with E-state index in [9.17, 15) is 18.4 Å². The first kappa shape index (κ1) is 23.3. The lowest BCUT2D eigenvalue weighted by Gasteiger charge is -2.35. The molecule has 0 spiro atoms. The standard InChI is InChI=1S/C25H25F2N5O2/c1-17(33)31-10-12-32(13-11-31)21-6-7-23(29-16-21)30-24(34)14-18-2-4-19(5-3-18)20-8-9-28-22(15-20)25(26)27/h2-9,15-16,25H,10-14H2,1H3,(H,29,30,34). The van der Waals surface area contributed by atoms with Crippen molar-refractivity contribution >= 4 is 23.3 Å². The number of rotatable bonds is 6. The summed E-state index contributed by atoms with van der Waals surface area (Å²) in [5.74, 6) is 0.347. The molecule has 0 bridgehead atoms. The van der Waals surface area contributed by atoms with Gasteiger partial charge in [0.1, 0.15) is 11.5 Å². The molecule has 4 rings (SSSR count). The number of anilines is 2. The van der Waals surface area contributed by atoms with Gasteiger partial charge in [0.25, 0.3) is 6.43 Å². The fourth-order valence-electron chi connectivity index (χ4n) is 3.86. The number of benzene rings is 1. The largest absolute Gasteiger partial charge is 0.367 e. The molecular formula is C25H25F2N5O2. The fraction of sp³-hybridized carbons (Fsp3) is 0.280. The highest BCUT2D eigenvalue weighted by Gasteiger charge is 2.19. The van der Waals surface area contributed by atoms with Gasteiger partial charge >= 0.3 is 0 Å². The molecule has 0 radical (unpaired) electrons. The van der Waals surface area contributed by atoms with Crippen LogP contribution in [-0.4, -0.2) is 52.9 Å². The third-order valence-corrected chi connectivity index (χ3v) is 5.76. The summed E-state index contributed by atoms with van der Waals surface area (Å²) in [7, 11) is 0. The van der Waals surface area contributed by atoms with Gasteiger partial charge in [0, 0.05) is 39.3 Å². The quantitative estimate of drug-likeness (QED) is 0.597. The predicted octanol–water partition coefficient (Wildman–Crippen LogP) is 3.93. The van der Waals surface area contributed by atoms with Gasteiger partial charge < -0.3 is 15.1 Å². The molecule has 2 amide bonds. The summed E-state index contributed by atoms with van der Waals surface area (Å²) in [5.41, 5.74) is 2.90. The average Bonchev–Trinajstić information content (AvgIpc) is 2.85. The zero-order chi connectivity index (χ0) is 24.1. The molecule has 0 saturated carbocycles. The van der Waals surface area contributed by atoms with Crippen molar-refractivity contribution in [3.8, 4) is 11.1 Å². The van der Waals surface area contributed by atoms with E-state index in [4.69, 9.17) is 0 Å². The maximum Gasteiger partial charge on any atom is 0.280 e. The van der Waals surface area contributed by atoms with E-state index in [-0.39, 0.29) is 23.9 Å². The number of nitrogens with one attached hydrogen (secondary N) is 1. The zero-order valence-corrected chi connectivity index (χ0v) is 18.7. The topological polar surface area (TPSA) is 78.4 Å². The van der Waals surface area contributed by atoms with Crippen LogP contribution in [0.1, 0.15) is 24.6 Å². The Hall–Kier alpha value is -3.88. The molecular weight excluding hydrogens is 440 g/mol. The van der Waals surface area contributed by atoms with Crippen molar-refractivity contribution in [2.75, 3.05) is 36.4 Å².